The monoisotopic (exact) mass is 608 g/mol. The number of hydrogen-bond donors (Lipinski definition) is 1. The average Bonchev–Trinajstić information content (AvgIpc) is 2.85. The molecule has 1 aromatic heterocycles. The number of carbonyl (C=O) groups is 1. The van der Waals surface area contributed by atoms with Gasteiger partial charge in [0.05, 0.1) is 6.61 Å². The molecule has 0 saturated carbocycles. The van der Waals surface area contributed by atoms with E-state index in [1.165, 1.54) is 57.8 Å². The van der Waals surface area contributed by atoms with Crippen molar-refractivity contribution in [2.75, 3.05) is 6.61 Å². The zero-order valence-electron chi connectivity index (χ0n) is 23.4. The van der Waals surface area contributed by atoms with Crippen LogP contribution in [0.1, 0.15) is 120 Å². The molecular formula is C31H49IN2O2. The second kappa shape index (κ2) is 17.8. The van der Waals surface area contributed by atoms with E-state index in [1.54, 1.807) is 0 Å². The van der Waals surface area contributed by atoms with Gasteiger partial charge >= 0.3 is 0 Å². The summed E-state index contributed by atoms with van der Waals surface area (Å²) < 4.78 is 8.29. The van der Waals surface area contributed by atoms with Crippen molar-refractivity contribution >= 4 is 5.91 Å². The van der Waals surface area contributed by atoms with Crippen LogP contribution in [-0.4, -0.2) is 12.5 Å². The van der Waals surface area contributed by atoms with Crippen LogP contribution in [-0.2, 0) is 18.5 Å². The zero-order chi connectivity index (χ0) is 25.5. The Morgan fingerprint density at radius 3 is 2.00 bits per heavy atom. The molecule has 2 rings (SSSR count). The number of aryl methyl sites for hydroxylation is 1. The standard InChI is InChI=1S/C31H48N2O2.HI/c1-6-8-9-10-11-12-13-14-15-16-23-35-29-18-17-27(24-28(29)31(3,4)5)30(34)32-25-26-19-21-33(7-2)22-20-26;/h17-22,24H,6-16,23,25H2,1-5H3;1H. The van der Waals surface area contributed by atoms with Gasteiger partial charge < -0.3 is 34.0 Å². The molecule has 1 N–H and O–H groups in total. The van der Waals surface area contributed by atoms with Gasteiger partial charge in [0.2, 0.25) is 0 Å². The summed E-state index contributed by atoms with van der Waals surface area (Å²) >= 11 is 0. The number of halogens is 1. The summed E-state index contributed by atoms with van der Waals surface area (Å²) in [4.78, 5) is 12.8. The Hall–Kier alpha value is -1.63. The molecule has 2 aromatic rings. The minimum atomic E-state index is -0.101. The van der Waals surface area contributed by atoms with E-state index in [0.717, 1.165) is 36.4 Å². The molecule has 0 spiro atoms. The number of carbonyl (C=O) groups excluding carboxylic acids is 1. The van der Waals surface area contributed by atoms with Crippen molar-refractivity contribution in [3.63, 3.8) is 0 Å². The highest BCUT2D eigenvalue weighted by molar-refractivity contribution is 5.94. The molecule has 36 heavy (non-hydrogen) atoms. The van der Waals surface area contributed by atoms with Gasteiger partial charge in [0.15, 0.2) is 12.4 Å². The Morgan fingerprint density at radius 2 is 1.44 bits per heavy atom. The van der Waals surface area contributed by atoms with Gasteiger partial charge in [-0.3, -0.25) is 4.79 Å². The average molecular weight is 609 g/mol. The van der Waals surface area contributed by atoms with Crippen LogP contribution < -0.4 is 38.6 Å². The second-order valence-electron chi connectivity index (χ2n) is 10.7. The maximum absolute atomic E-state index is 12.8. The quantitative estimate of drug-likeness (QED) is 0.173. The number of benzene rings is 1. The minimum Gasteiger partial charge on any atom is -1.00 e. The molecule has 1 amide bonds. The topological polar surface area (TPSA) is 42.2 Å². The number of hydrogen-bond acceptors (Lipinski definition) is 2. The highest BCUT2D eigenvalue weighted by Gasteiger charge is 2.21. The number of unbranched alkanes of at least 4 members (excludes halogenated alkanes) is 9. The van der Waals surface area contributed by atoms with Gasteiger partial charge in [-0.05, 0) is 42.5 Å². The number of aromatic nitrogens is 1. The van der Waals surface area contributed by atoms with Crippen LogP contribution in [0.4, 0.5) is 0 Å². The predicted molar refractivity (Wildman–Crippen MR) is 146 cm³/mol. The van der Waals surface area contributed by atoms with Gasteiger partial charge in [-0.15, -0.1) is 0 Å². The molecule has 202 valence electrons. The smallest absolute Gasteiger partial charge is 0.251 e. The van der Waals surface area contributed by atoms with Crippen molar-refractivity contribution in [1.29, 1.82) is 0 Å². The Labute approximate surface area is 237 Å². The number of ether oxygens (including phenoxy) is 1. The van der Waals surface area contributed by atoms with E-state index in [4.69, 9.17) is 4.74 Å². The Balaban J connectivity index is 0.00000648. The van der Waals surface area contributed by atoms with E-state index in [-0.39, 0.29) is 35.3 Å². The minimum absolute atomic E-state index is 0. The molecule has 4 nitrogen and oxygen atoms in total. The Kier molecular flexibility index (Phi) is 16.0. The van der Waals surface area contributed by atoms with E-state index < -0.39 is 0 Å². The lowest BCUT2D eigenvalue weighted by Gasteiger charge is -2.23. The molecule has 5 heteroatoms. The van der Waals surface area contributed by atoms with Crippen molar-refractivity contribution in [2.45, 2.75) is 117 Å². The largest absolute Gasteiger partial charge is 1.00 e. The van der Waals surface area contributed by atoms with E-state index >= 15 is 0 Å². The third kappa shape index (κ3) is 12.1. The number of nitrogens with zero attached hydrogens (tertiary/aromatic N) is 1. The van der Waals surface area contributed by atoms with E-state index in [0.29, 0.717) is 12.1 Å². The molecule has 0 aliphatic carbocycles. The van der Waals surface area contributed by atoms with Crippen LogP contribution in [0.15, 0.2) is 42.7 Å². The van der Waals surface area contributed by atoms with Crippen LogP contribution in [0.2, 0.25) is 0 Å². The van der Waals surface area contributed by atoms with Crippen molar-refractivity contribution in [3.8, 4) is 5.75 Å². The molecule has 0 aliphatic heterocycles. The van der Waals surface area contributed by atoms with E-state index in [9.17, 15) is 4.79 Å². The van der Waals surface area contributed by atoms with E-state index in [2.05, 4.69) is 56.6 Å². The summed E-state index contributed by atoms with van der Waals surface area (Å²) in [5, 5.41) is 3.05. The summed E-state index contributed by atoms with van der Waals surface area (Å²) in [6.07, 6.45) is 17.3. The van der Waals surface area contributed by atoms with Gasteiger partial charge in [-0.2, -0.15) is 0 Å². The molecule has 1 heterocycles. The van der Waals surface area contributed by atoms with Crippen molar-refractivity contribution in [2.24, 2.45) is 0 Å². The van der Waals surface area contributed by atoms with Crippen LogP contribution in [0.25, 0.3) is 0 Å². The molecule has 0 bridgehead atoms. The first-order valence-corrected chi connectivity index (χ1v) is 13.9. The molecule has 0 aliphatic rings. The number of amides is 1. The molecule has 0 unspecified atom stereocenters. The van der Waals surface area contributed by atoms with Gasteiger partial charge in [0.25, 0.3) is 5.91 Å². The summed E-state index contributed by atoms with van der Waals surface area (Å²) in [5.41, 5.74) is 2.76. The van der Waals surface area contributed by atoms with E-state index in [1.807, 2.05) is 30.6 Å². The first-order chi connectivity index (χ1) is 16.8. The van der Waals surface area contributed by atoms with Gasteiger partial charge in [-0.1, -0.05) is 85.5 Å². The fraction of sp³-hybridized carbons (Fsp3) is 0.613. The summed E-state index contributed by atoms with van der Waals surface area (Å²) in [6, 6.07) is 9.95. The molecular weight excluding hydrogens is 559 g/mol. The van der Waals surface area contributed by atoms with Crippen LogP contribution in [0, 0.1) is 0 Å². The van der Waals surface area contributed by atoms with Crippen molar-refractivity contribution < 1.29 is 38.1 Å². The van der Waals surface area contributed by atoms with Gasteiger partial charge in [0.1, 0.15) is 12.3 Å². The van der Waals surface area contributed by atoms with Crippen molar-refractivity contribution in [3.05, 3.63) is 59.4 Å². The predicted octanol–water partition coefficient (Wildman–Crippen LogP) is 4.53. The third-order valence-corrected chi connectivity index (χ3v) is 6.58. The highest BCUT2D eigenvalue weighted by atomic mass is 127. The SMILES string of the molecule is CCCCCCCCCCCCOc1ccc(C(=O)NCc2cc[n+](CC)cc2)cc1C(C)(C)C.[I-]. The number of nitrogens with one attached hydrogen (secondary N) is 1. The first kappa shape index (κ1) is 32.4. The zero-order valence-corrected chi connectivity index (χ0v) is 25.5. The normalized spacial score (nSPS) is 11.1. The fourth-order valence-electron chi connectivity index (χ4n) is 4.26. The van der Waals surface area contributed by atoms with Crippen LogP contribution in [0.3, 0.4) is 0 Å². The number of rotatable bonds is 16. The lowest BCUT2D eigenvalue weighted by molar-refractivity contribution is -0.693. The van der Waals surface area contributed by atoms with Gasteiger partial charge in [-0.25, -0.2) is 4.57 Å². The van der Waals surface area contributed by atoms with Gasteiger partial charge in [0, 0.05) is 29.8 Å². The third-order valence-electron chi connectivity index (χ3n) is 6.58. The maximum atomic E-state index is 12.8. The Bertz CT molecular complexity index is 875. The summed E-state index contributed by atoms with van der Waals surface area (Å²) in [7, 11) is 0. The molecule has 0 atom stereocenters. The van der Waals surface area contributed by atoms with Crippen LogP contribution in [0.5, 0.6) is 5.75 Å². The molecule has 0 fully saturated rings. The first-order valence-electron chi connectivity index (χ1n) is 13.9. The lowest BCUT2D eigenvalue weighted by Crippen LogP contribution is -3.00. The summed E-state index contributed by atoms with van der Waals surface area (Å²) in [5.74, 6) is 0.848. The molecule has 0 saturated heterocycles. The van der Waals surface area contributed by atoms with Crippen molar-refractivity contribution in [1.82, 2.24) is 5.32 Å². The lowest BCUT2D eigenvalue weighted by atomic mass is 9.85. The maximum Gasteiger partial charge on any atom is 0.251 e. The highest BCUT2D eigenvalue weighted by Crippen LogP contribution is 2.32. The van der Waals surface area contributed by atoms with Crippen LogP contribution >= 0.6 is 0 Å². The molecule has 1 aromatic carbocycles. The second-order valence-corrected chi connectivity index (χ2v) is 10.7. The fourth-order valence-corrected chi connectivity index (χ4v) is 4.26. The Morgan fingerprint density at radius 1 is 0.861 bits per heavy atom. The molecule has 0 radical (unpaired) electrons. The summed E-state index contributed by atoms with van der Waals surface area (Å²) in [6.45, 7) is 13.1. The number of pyridine rings is 1.